The highest BCUT2D eigenvalue weighted by atomic mass is 32.2. The van der Waals surface area contributed by atoms with Gasteiger partial charge in [-0.05, 0) is 31.4 Å². The van der Waals surface area contributed by atoms with Gasteiger partial charge < -0.3 is 14.4 Å². The van der Waals surface area contributed by atoms with E-state index < -0.39 is 15.6 Å². The maximum absolute atomic E-state index is 12.6. The Morgan fingerprint density at radius 2 is 2.11 bits per heavy atom. The van der Waals surface area contributed by atoms with Gasteiger partial charge in [0.1, 0.15) is 11.5 Å². The van der Waals surface area contributed by atoms with Crippen LogP contribution in [0.3, 0.4) is 0 Å². The normalized spacial score (nSPS) is 25.5. The van der Waals surface area contributed by atoms with Gasteiger partial charge in [-0.2, -0.15) is 4.31 Å². The molecular weight excluding hydrogens is 370 g/mol. The highest BCUT2D eigenvalue weighted by molar-refractivity contribution is 7.89. The Morgan fingerprint density at radius 1 is 1.33 bits per heavy atom. The second-order valence-corrected chi connectivity index (χ2v) is 9.44. The molecule has 3 aliphatic rings. The number of carbonyl (C=O) groups is 1. The average molecular weight is 395 g/mol. The molecule has 148 valence electrons. The van der Waals surface area contributed by atoms with Crippen molar-refractivity contribution in [2.75, 3.05) is 39.4 Å². The second kappa shape index (κ2) is 7.46. The molecule has 3 aliphatic heterocycles. The second-order valence-electron chi connectivity index (χ2n) is 7.51. The lowest BCUT2D eigenvalue weighted by atomic mass is 9.86. The van der Waals surface area contributed by atoms with Crippen LogP contribution in [0, 0.1) is 0 Å². The molecule has 0 aliphatic carbocycles. The maximum Gasteiger partial charge on any atom is 0.248 e. The number of hydrogen-bond acceptors (Lipinski definition) is 6. The smallest absolute Gasteiger partial charge is 0.248 e. The van der Waals surface area contributed by atoms with Crippen LogP contribution in [-0.2, 0) is 24.3 Å². The summed E-state index contributed by atoms with van der Waals surface area (Å²) < 4.78 is 38.4. The Balaban J connectivity index is 1.31. The summed E-state index contributed by atoms with van der Waals surface area (Å²) in [4.78, 5) is 18.1. The average Bonchev–Trinajstić information content (AvgIpc) is 3.20. The van der Waals surface area contributed by atoms with Crippen molar-refractivity contribution in [1.29, 1.82) is 0 Å². The number of hydrogen-bond donors (Lipinski definition) is 0. The van der Waals surface area contributed by atoms with Crippen molar-refractivity contribution < 1.29 is 22.7 Å². The molecule has 3 fully saturated rings. The summed E-state index contributed by atoms with van der Waals surface area (Å²) in [5.41, 5.74) is -0.505. The number of amides is 1. The summed E-state index contributed by atoms with van der Waals surface area (Å²) >= 11 is 0. The molecule has 3 saturated heterocycles. The molecule has 0 saturated carbocycles. The molecule has 1 atom stereocenters. The molecule has 8 nitrogen and oxygen atoms in total. The molecular formula is C18H25N3O5S. The summed E-state index contributed by atoms with van der Waals surface area (Å²) in [7, 11) is -3.54. The van der Waals surface area contributed by atoms with Crippen molar-refractivity contribution in [1.82, 2.24) is 14.2 Å². The third-order valence-corrected chi connectivity index (χ3v) is 7.33. The van der Waals surface area contributed by atoms with Gasteiger partial charge in [0.2, 0.25) is 15.9 Å². The Bertz CT molecular complexity index is 773. The van der Waals surface area contributed by atoms with E-state index in [1.54, 1.807) is 18.3 Å². The zero-order valence-electron chi connectivity index (χ0n) is 15.2. The zero-order chi connectivity index (χ0) is 18.9. The van der Waals surface area contributed by atoms with Crippen LogP contribution >= 0.6 is 0 Å². The topological polar surface area (TPSA) is 89.0 Å². The number of ether oxygens (including phenoxy) is 2. The molecule has 1 aromatic rings. The minimum absolute atomic E-state index is 0.0439. The monoisotopic (exact) mass is 395 g/mol. The molecule has 1 spiro atoms. The van der Waals surface area contributed by atoms with Gasteiger partial charge in [-0.3, -0.25) is 9.78 Å². The van der Waals surface area contributed by atoms with Crippen molar-refractivity contribution in [3.05, 3.63) is 24.5 Å². The lowest BCUT2D eigenvalue weighted by Gasteiger charge is -2.52. The summed E-state index contributed by atoms with van der Waals surface area (Å²) in [5.74, 6) is 0.0439. The van der Waals surface area contributed by atoms with Crippen molar-refractivity contribution in [2.45, 2.75) is 42.3 Å². The summed E-state index contributed by atoms with van der Waals surface area (Å²) in [6, 6.07) is 3.16. The van der Waals surface area contributed by atoms with E-state index in [2.05, 4.69) is 4.98 Å². The Kier molecular flexibility index (Phi) is 5.19. The van der Waals surface area contributed by atoms with Crippen molar-refractivity contribution in [3.63, 3.8) is 0 Å². The van der Waals surface area contributed by atoms with E-state index in [4.69, 9.17) is 9.47 Å². The van der Waals surface area contributed by atoms with Crippen LogP contribution < -0.4 is 0 Å². The number of pyridine rings is 1. The van der Waals surface area contributed by atoms with E-state index in [0.717, 1.165) is 32.4 Å². The van der Waals surface area contributed by atoms with E-state index in [1.165, 1.54) is 10.5 Å². The quantitative estimate of drug-likeness (QED) is 0.727. The van der Waals surface area contributed by atoms with E-state index >= 15 is 0 Å². The molecule has 0 unspecified atom stereocenters. The number of likely N-dealkylation sites (tertiary alicyclic amines) is 1. The van der Waals surface area contributed by atoms with Crippen LogP contribution in [0.1, 0.15) is 25.7 Å². The number of rotatable bonds is 5. The van der Waals surface area contributed by atoms with Crippen molar-refractivity contribution in [2.24, 2.45) is 0 Å². The lowest BCUT2D eigenvalue weighted by molar-refractivity contribution is -0.181. The maximum atomic E-state index is 12.6. The highest BCUT2D eigenvalue weighted by Gasteiger charge is 2.52. The Labute approximate surface area is 159 Å². The largest absolute Gasteiger partial charge is 0.372 e. The van der Waals surface area contributed by atoms with Gasteiger partial charge >= 0.3 is 0 Å². The first-order valence-corrected chi connectivity index (χ1v) is 10.9. The number of carbonyl (C=O) groups excluding carboxylic acids is 1. The van der Waals surface area contributed by atoms with Gasteiger partial charge in [0.05, 0.1) is 11.7 Å². The molecule has 0 N–H and O–H groups in total. The summed E-state index contributed by atoms with van der Waals surface area (Å²) in [5, 5.41) is 0. The fourth-order valence-corrected chi connectivity index (χ4v) is 5.56. The Morgan fingerprint density at radius 3 is 2.81 bits per heavy atom. The minimum Gasteiger partial charge on any atom is -0.372 e. The van der Waals surface area contributed by atoms with Crippen LogP contribution in [0.25, 0.3) is 0 Å². The summed E-state index contributed by atoms with van der Waals surface area (Å²) in [6.07, 6.45) is 6.29. The van der Waals surface area contributed by atoms with Gasteiger partial charge in [0.15, 0.2) is 0 Å². The van der Waals surface area contributed by atoms with Gasteiger partial charge in [-0.1, -0.05) is 0 Å². The molecule has 0 radical (unpaired) electrons. The Hall–Kier alpha value is -1.55. The highest BCUT2D eigenvalue weighted by Crippen LogP contribution is 2.38. The third kappa shape index (κ3) is 3.87. The van der Waals surface area contributed by atoms with Crippen LogP contribution in [-0.4, -0.2) is 79.6 Å². The predicted octanol–water partition coefficient (Wildman–Crippen LogP) is 0.643. The molecule has 4 rings (SSSR count). The number of sulfonamides is 1. The van der Waals surface area contributed by atoms with E-state index in [0.29, 0.717) is 26.1 Å². The van der Waals surface area contributed by atoms with Gasteiger partial charge in [0, 0.05) is 51.6 Å². The first-order valence-electron chi connectivity index (χ1n) is 9.42. The standard InChI is InChI=1S/C18H25N3O5S/c22-17(20-7-1-2-8-20)12-25-15-5-9-26-18(10-15)13-21(14-18)27(23,24)16-4-3-6-19-11-16/h3-4,6,11,15H,1-2,5,7-10,12-14H2/t15-/m0/s1. The fraction of sp³-hybridized carbons (Fsp3) is 0.667. The summed E-state index contributed by atoms with van der Waals surface area (Å²) in [6.45, 7) is 2.87. The van der Waals surface area contributed by atoms with Crippen LogP contribution in [0.4, 0.5) is 0 Å². The lowest BCUT2D eigenvalue weighted by Crippen LogP contribution is -2.67. The molecule has 27 heavy (non-hydrogen) atoms. The van der Waals surface area contributed by atoms with Crippen molar-refractivity contribution in [3.8, 4) is 0 Å². The first kappa shape index (κ1) is 18.8. The van der Waals surface area contributed by atoms with E-state index in [9.17, 15) is 13.2 Å². The molecule has 0 bridgehead atoms. The SMILES string of the molecule is O=C(CO[C@H]1CCOC2(C1)CN(S(=O)(=O)c1cccnc1)C2)N1CCCC1. The van der Waals surface area contributed by atoms with Crippen molar-refractivity contribution >= 4 is 15.9 Å². The minimum atomic E-state index is -3.54. The molecule has 0 aromatic carbocycles. The van der Waals surface area contributed by atoms with E-state index in [-0.39, 0.29) is 23.5 Å². The van der Waals surface area contributed by atoms with Crippen LogP contribution in [0.5, 0.6) is 0 Å². The molecule has 9 heteroatoms. The third-order valence-electron chi connectivity index (χ3n) is 5.55. The van der Waals surface area contributed by atoms with E-state index in [1.807, 2.05) is 4.90 Å². The zero-order valence-corrected chi connectivity index (χ0v) is 16.1. The molecule has 4 heterocycles. The molecule has 1 amide bonds. The molecule has 1 aromatic heterocycles. The predicted molar refractivity (Wildman–Crippen MR) is 96.5 cm³/mol. The van der Waals surface area contributed by atoms with Crippen LogP contribution in [0.2, 0.25) is 0 Å². The van der Waals surface area contributed by atoms with Crippen LogP contribution in [0.15, 0.2) is 29.4 Å². The fourth-order valence-electron chi connectivity index (χ4n) is 4.01. The number of aromatic nitrogens is 1. The van der Waals surface area contributed by atoms with Gasteiger partial charge in [-0.15, -0.1) is 0 Å². The first-order chi connectivity index (χ1) is 13.0. The van der Waals surface area contributed by atoms with Gasteiger partial charge in [0.25, 0.3) is 0 Å². The number of nitrogens with zero attached hydrogens (tertiary/aromatic N) is 3. The van der Waals surface area contributed by atoms with Gasteiger partial charge in [-0.25, -0.2) is 8.42 Å².